The van der Waals surface area contributed by atoms with Crippen molar-refractivity contribution in [3.05, 3.63) is 89.7 Å². The molecule has 0 radical (unpaired) electrons. The molecule has 1 unspecified atom stereocenters. The summed E-state index contributed by atoms with van der Waals surface area (Å²) in [5.41, 5.74) is 3.62. The topological polar surface area (TPSA) is 46.9 Å². The molecule has 5 heteroatoms. The van der Waals surface area contributed by atoms with Crippen LogP contribution in [-0.2, 0) is 24.4 Å². The third-order valence-corrected chi connectivity index (χ3v) is 6.93. The molecule has 4 rings (SSSR count). The standard InChI is InChI=1S/C30H40N2O3/c1-34-30-16-8-14-27(18-30)20-32-17-9-15-28(32)21-31(19-25-10-4-2-5-11-25)22-29(33)24-35-23-26-12-6-3-7-13-26/h3,6-9,12-18,25,29,33H,2,4-5,10-11,19-24H2,1H3. The molecule has 1 N–H and O–H groups in total. The molecule has 35 heavy (non-hydrogen) atoms. The maximum absolute atomic E-state index is 10.8. The van der Waals surface area contributed by atoms with Crippen molar-refractivity contribution in [1.82, 2.24) is 9.47 Å². The van der Waals surface area contributed by atoms with Crippen LogP contribution in [0.1, 0.15) is 48.9 Å². The first-order valence-electron chi connectivity index (χ1n) is 13.0. The zero-order valence-corrected chi connectivity index (χ0v) is 21.0. The maximum atomic E-state index is 10.8. The number of ether oxygens (including phenoxy) is 2. The van der Waals surface area contributed by atoms with Crippen LogP contribution >= 0.6 is 0 Å². The van der Waals surface area contributed by atoms with Crippen molar-refractivity contribution in [1.29, 1.82) is 0 Å². The van der Waals surface area contributed by atoms with Gasteiger partial charge in [-0.25, -0.2) is 0 Å². The van der Waals surface area contributed by atoms with E-state index in [1.165, 1.54) is 43.4 Å². The quantitative estimate of drug-likeness (QED) is 0.354. The van der Waals surface area contributed by atoms with E-state index in [0.29, 0.717) is 25.7 Å². The lowest BCUT2D eigenvalue weighted by Crippen LogP contribution is -2.38. The Kier molecular flexibility index (Phi) is 9.82. The van der Waals surface area contributed by atoms with Gasteiger partial charge in [0, 0.05) is 38.1 Å². The smallest absolute Gasteiger partial charge is 0.119 e. The molecular formula is C30H40N2O3. The Morgan fingerprint density at radius 1 is 0.971 bits per heavy atom. The van der Waals surface area contributed by atoms with Gasteiger partial charge in [0.15, 0.2) is 0 Å². The highest BCUT2D eigenvalue weighted by molar-refractivity contribution is 5.29. The van der Waals surface area contributed by atoms with Gasteiger partial charge in [-0.1, -0.05) is 61.7 Å². The number of hydrogen-bond donors (Lipinski definition) is 1. The molecule has 0 spiro atoms. The molecule has 5 nitrogen and oxygen atoms in total. The number of rotatable bonds is 13. The minimum atomic E-state index is -0.510. The summed E-state index contributed by atoms with van der Waals surface area (Å²) in [5, 5.41) is 10.8. The Bertz CT molecular complexity index is 998. The Balaban J connectivity index is 1.37. The predicted octanol–water partition coefficient (Wildman–Crippen LogP) is 5.51. The average molecular weight is 477 g/mol. The van der Waals surface area contributed by atoms with Crippen molar-refractivity contribution in [2.75, 3.05) is 26.8 Å². The number of aromatic nitrogens is 1. The van der Waals surface area contributed by atoms with Crippen LogP contribution in [0.3, 0.4) is 0 Å². The molecule has 1 aliphatic carbocycles. The maximum Gasteiger partial charge on any atom is 0.119 e. The highest BCUT2D eigenvalue weighted by Gasteiger charge is 2.21. The monoisotopic (exact) mass is 476 g/mol. The number of hydrogen-bond acceptors (Lipinski definition) is 4. The van der Waals surface area contributed by atoms with E-state index in [-0.39, 0.29) is 0 Å². The molecule has 0 aliphatic heterocycles. The van der Waals surface area contributed by atoms with E-state index >= 15 is 0 Å². The zero-order chi connectivity index (χ0) is 24.3. The molecule has 3 aromatic rings. The third kappa shape index (κ3) is 8.24. The largest absolute Gasteiger partial charge is 0.497 e. The van der Waals surface area contributed by atoms with E-state index in [1.807, 2.05) is 30.3 Å². The van der Waals surface area contributed by atoms with Crippen LogP contribution in [0.2, 0.25) is 0 Å². The van der Waals surface area contributed by atoms with Crippen LogP contribution in [-0.4, -0.2) is 47.5 Å². The molecule has 1 fully saturated rings. The highest BCUT2D eigenvalue weighted by Crippen LogP contribution is 2.25. The van der Waals surface area contributed by atoms with E-state index in [4.69, 9.17) is 9.47 Å². The predicted molar refractivity (Wildman–Crippen MR) is 140 cm³/mol. The van der Waals surface area contributed by atoms with Gasteiger partial charge in [-0.3, -0.25) is 4.90 Å². The van der Waals surface area contributed by atoms with Gasteiger partial charge in [0.25, 0.3) is 0 Å². The first-order valence-corrected chi connectivity index (χ1v) is 13.0. The van der Waals surface area contributed by atoms with Crippen molar-refractivity contribution in [3.8, 4) is 5.75 Å². The molecule has 1 aromatic heterocycles. The van der Waals surface area contributed by atoms with Gasteiger partial charge in [0.1, 0.15) is 5.75 Å². The molecule has 1 saturated carbocycles. The summed E-state index contributed by atoms with van der Waals surface area (Å²) in [6, 6.07) is 22.7. The molecule has 1 heterocycles. The fourth-order valence-electron chi connectivity index (χ4n) is 5.12. The Morgan fingerprint density at radius 2 is 1.77 bits per heavy atom. The van der Waals surface area contributed by atoms with Gasteiger partial charge < -0.3 is 19.1 Å². The molecule has 1 aliphatic rings. The van der Waals surface area contributed by atoms with Gasteiger partial charge in [-0.2, -0.15) is 0 Å². The SMILES string of the molecule is COc1cccc(Cn2cccc2CN(CC(O)COCc2ccccc2)CC2CCCCC2)c1. The van der Waals surface area contributed by atoms with Crippen LogP contribution in [0.15, 0.2) is 72.9 Å². The van der Waals surface area contributed by atoms with Crippen LogP contribution in [0, 0.1) is 5.92 Å². The molecule has 188 valence electrons. The fourth-order valence-corrected chi connectivity index (χ4v) is 5.12. The van der Waals surface area contributed by atoms with Gasteiger partial charge in [-0.05, 0) is 54.2 Å². The molecule has 2 aromatic carbocycles. The van der Waals surface area contributed by atoms with E-state index in [0.717, 1.165) is 30.9 Å². The van der Waals surface area contributed by atoms with Crippen LogP contribution in [0.25, 0.3) is 0 Å². The average Bonchev–Trinajstić information content (AvgIpc) is 3.31. The molecular weight excluding hydrogens is 436 g/mol. The van der Waals surface area contributed by atoms with Crippen LogP contribution < -0.4 is 4.74 Å². The Hall–Kier alpha value is -2.60. The second-order valence-electron chi connectivity index (χ2n) is 9.83. The Labute approximate surface area is 210 Å². The highest BCUT2D eigenvalue weighted by atomic mass is 16.5. The number of benzene rings is 2. The minimum Gasteiger partial charge on any atom is -0.497 e. The summed E-state index contributed by atoms with van der Waals surface area (Å²) in [5.74, 6) is 1.59. The molecule has 0 bridgehead atoms. The van der Waals surface area contributed by atoms with Crippen LogP contribution in [0.5, 0.6) is 5.75 Å². The zero-order valence-electron chi connectivity index (χ0n) is 21.0. The van der Waals surface area contributed by atoms with Gasteiger partial charge >= 0.3 is 0 Å². The lowest BCUT2D eigenvalue weighted by Gasteiger charge is -2.31. The lowest BCUT2D eigenvalue weighted by molar-refractivity contribution is 0.00469. The Morgan fingerprint density at radius 3 is 2.57 bits per heavy atom. The number of methoxy groups -OCH3 is 1. The second-order valence-corrected chi connectivity index (χ2v) is 9.83. The minimum absolute atomic E-state index is 0.348. The van der Waals surface area contributed by atoms with Crippen molar-refractivity contribution in [2.45, 2.75) is 57.9 Å². The van der Waals surface area contributed by atoms with Crippen LogP contribution in [0.4, 0.5) is 0 Å². The number of aliphatic hydroxyl groups is 1. The summed E-state index contributed by atoms with van der Waals surface area (Å²) >= 11 is 0. The second kappa shape index (κ2) is 13.5. The van der Waals surface area contributed by atoms with Crippen molar-refractivity contribution in [2.24, 2.45) is 5.92 Å². The van der Waals surface area contributed by atoms with E-state index < -0.39 is 6.10 Å². The van der Waals surface area contributed by atoms with Crippen molar-refractivity contribution < 1.29 is 14.6 Å². The lowest BCUT2D eigenvalue weighted by atomic mass is 9.89. The fraction of sp³-hybridized carbons (Fsp3) is 0.467. The van der Waals surface area contributed by atoms with Crippen molar-refractivity contribution >= 4 is 0 Å². The molecule has 0 saturated heterocycles. The van der Waals surface area contributed by atoms with Crippen molar-refractivity contribution in [3.63, 3.8) is 0 Å². The summed E-state index contributed by atoms with van der Waals surface area (Å²) < 4.78 is 13.5. The summed E-state index contributed by atoms with van der Waals surface area (Å²) in [4.78, 5) is 2.43. The van der Waals surface area contributed by atoms with E-state index in [9.17, 15) is 5.11 Å². The summed E-state index contributed by atoms with van der Waals surface area (Å²) in [6.45, 7) is 4.16. The molecule has 0 amide bonds. The van der Waals surface area contributed by atoms with Gasteiger partial charge in [-0.15, -0.1) is 0 Å². The number of aliphatic hydroxyl groups excluding tert-OH is 1. The normalized spacial score (nSPS) is 15.4. The number of nitrogens with zero attached hydrogens (tertiary/aromatic N) is 2. The van der Waals surface area contributed by atoms with E-state index in [1.54, 1.807) is 7.11 Å². The van der Waals surface area contributed by atoms with E-state index in [2.05, 4.69) is 52.1 Å². The first kappa shape index (κ1) is 25.5. The third-order valence-electron chi connectivity index (χ3n) is 6.93. The molecule has 1 atom stereocenters. The first-order chi connectivity index (χ1) is 17.2. The van der Waals surface area contributed by atoms with Gasteiger partial charge in [0.05, 0.1) is 26.4 Å². The summed E-state index contributed by atoms with van der Waals surface area (Å²) in [6.07, 6.45) is 8.23. The summed E-state index contributed by atoms with van der Waals surface area (Å²) in [7, 11) is 1.71. The van der Waals surface area contributed by atoms with Gasteiger partial charge in [0.2, 0.25) is 0 Å².